The summed E-state index contributed by atoms with van der Waals surface area (Å²) in [5.41, 5.74) is 8.15. The van der Waals surface area contributed by atoms with Crippen LogP contribution >= 0.6 is 0 Å². The number of carbonyl (C=O) groups is 1. The van der Waals surface area contributed by atoms with Gasteiger partial charge < -0.3 is 20.7 Å². The number of carbonyl (C=O) groups excluding carboxylic acids is 1. The molecular formula is C15H19N3O2. The van der Waals surface area contributed by atoms with Crippen LogP contribution in [0.1, 0.15) is 12.0 Å². The number of benzene rings is 1. The van der Waals surface area contributed by atoms with Crippen molar-refractivity contribution in [2.75, 3.05) is 13.1 Å². The van der Waals surface area contributed by atoms with Crippen LogP contribution in [0.2, 0.25) is 0 Å². The predicted molar refractivity (Wildman–Crippen MR) is 77.2 cm³/mol. The standard InChI is InChI=1S/C15H19N3O2/c16-13(15(20)18-6-5-11(19)9-18)7-10-8-17-14-4-2-1-3-12(10)14/h1-4,8,11,13,17,19H,5-7,9,16H2/t11-,13-/m0/s1. The molecule has 1 saturated heterocycles. The summed E-state index contributed by atoms with van der Waals surface area (Å²) in [5.74, 6) is -0.0770. The van der Waals surface area contributed by atoms with Crippen molar-refractivity contribution in [1.82, 2.24) is 9.88 Å². The lowest BCUT2D eigenvalue weighted by atomic mass is 10.0. The van der Waals surface area contributed by atoms with E-state index in [9.17, 15) is 9.90 Å². The first-order valence-corrected chi connectivity index (χ1v) is 6.92. The number of aliphatic hydroxyl groups excluding tert-OH is 1. The third kappa shape index (κ3) is 2.42. The summed E-state index contributed by atoms with van der Waals surface area (Å²) in [7, 11) is 0. The normalized spacial score (nSPS) is 20.5. The van der Waals surface area contributed by atoms with Crippen molar-refractivity contribution < 1.29 is 9.90 Å². The number of aromatic nitrogens is 1. The SMILES string of the molecule is N[C@@H](Cc1c[nH]c2ccccc12)C(=O)N1CC[C@H](O)C1. The second-order valence-electron chi connectivity index (χ2n) is 5.40. The molecule has 20 heavy (non-hydrogen) atoms. The maximum atomic E-state index is 12.2. The molecule has 0 bridgehead atoms. The third-order valence-electron chi connectivity index (χ3n) is 3.91. The molecule has 1 amide bonds. The predicted octanol–water partition coefficient (Wildman–Crippen LogP) is 0.631. The van der Waals surface area contributed by atoms with Crippen LogP contribution in [0.5, 0.6) is 0 Å². The topological polar surface area (TPSA) is 82.4 Å². The first-order chi connectivity index (χ1) is 9.65. The van der Waals surface area contributed by atoms with E-state index in [-0.39, 0.29) is 5.91 Å². The molecule has 1 aliphatic rings. The first kappa shape index (κ1) is 13.1. The van der Waals surface area contributed by atoms with Gasteiger partial charge in [-0.1, -0.05) is 18.2 Å². The van der Waals surface area contributed by atoms with Crippen molar-refractivity contribution in [3.63, 3.8) is 0 Å². The molecule has 0 radical (unpaired) electrons. The van der Waals surface area contributed by atoms with Crippen LogP contribution in [-0.4, -0.2) is 46.1 Å². The van der Waals surface area contributed by atoms with Crippen molar-refractivity contribution in [3.05, 3.63) is 36.0 Å². The summed E-state index contributed by atoms with van der Waals surface area (Å²) in [4.78, 5) is 17.1. The summed E-state index contributed by atoms with van der Waals surface area (Å²) < 4.78 is 0. The average molecular weight is 273 g/mol. The summed E-state index contributed by atoms with van der Waals surface area (Å²) in [6.07, 6.45) is 2.66. The zero-order valence-corrected chi connectivity index (χ0v) is 11.2. The van der Waals surface area contributed by atoms with Gasteiger partial charge in [-0.15, -0.1) is 0 Å². The molecule has 106 valence electrons. The molecular weight excluding hydrogens is 254 g/mol. The molecule has 5 nitrogen and oxygen atoms in total. The number of aromatic amines is 1. The zero-order chi connectivity index (χ0) is 14.1. The van der Waals surface area contributed by atoms with Gasteiger partial charge in [0.05, 0.1) is 12.1 Å². The third-order valence-corrected chi connectivity index (χ3v) is 3.91. The molecule has 1 aliphatic heterocycles. The van der Waals surface area contributed by atoms with Gasteiger partial charge in [0.25, 0.3) is 0 Å². The fraction of sp³-hybridized carbons (Fsp3) is 0.400. The molecule has 0 spiro atoms. The number of amides is 1. The number of fused-ring (bicyclic) bond motifs is 1. The number of nitrogens with one attached hydrogen (secondary N) is 1. The molecule has 0 aliphatic carbocycles. The van der Waals surface area contributed by atoms with E-state index in [1.165, 1.54) is 0 Å². The van der Waals surface area contributed by atoms with Gasteiger partial charge in [-0.25, -0.2) is 0 Å². The highest BCUT2D eigenvalue weighted by Gasteiger charge is 2.28. The highest BCUT2D eigenvalue weighted by molar-refractivity contribution is 5.86. The molecule has 4 N–H and O–H groups in total. The maximum Gasteiger partial charge on any atom is 0.239 e. The molecule has 2 aromatic rings. The van der Waals surface area contributed by atoms with Gasteiger partial charge in [0.15, 0.2) is 0 Å². The zero-order valence-electron chi connectivity index (χ0n) is 11.2. The Morgan fingerprint density at radius 2 is 2.30 bits per heavy atom. The Morgan fingerprint density at radius 3 is 3.05 bits per heavy atom. The number of para-hydroxylation sites is 1. The number of aliphatic hydroxyl groups is 1. The molecule has 0 saturated carbocycles. The van der Waals surface area contributed by atoms with Gasteiger partial charge in [-0.05, 0) is 24.5 Å². The van der Waals surface area contributed by atoms with Crippen molar-refractivity contribution in [2.45, 2.75) is 25.0 Å². The Balaban J connectivity index is 1.72. The van der Waals surface area contributed by atoms with Crippen LogP contribution in [0.15, 0.2) is 30.5 Å². The lowest BCUT2D eigenvalue weighted by Crippen LogP contribution is -2.44. The molecule has 1 aromatic carbocycles. The van der Waals surface area contributed by atoms with E-state index in [4.69, 9.17) is 5.73 Å². The lowest BCUT2D eigenvalue weighted by Gasteiger charge is -2.20. The number of nitrogens with two attached hydrogens (primary N) is 1. The van der Waals surface area contributed by atoms with Crippen molar-refractivity contribution in [1.29, 1.82) is 0 Å². The van der Waals surface area contributed by atoms with E-state index in [0.29, 0.717) is 25.9 Å². The molecule has 1 aromatic heterocycles. The van der Waals surface area contributed by atoms with E-state index in [2.05, 4.69) is 4.98 Å². The Kier molecular flexibility index (Phi) is 3.46. The Morgan fingerprint density at radius 1 is 1.50 bits per heavy atom. The van der Waals surface area contributed by atoms with Crippen molar-refractivity contribution in [2.24, 2.45) is 5.73 Å². The second kappa shape index (κ2) is 5.26. The van der Waals surface area contributed by atoms with Crippen LogP contribution < -0.4 is 5.73 Å². The number of H-pyrrole nitrogens is 1. The van der Waals surface area contributed by atoms with Gasteiger partial charge in [0.1, 0.15) is 0 Å². The smallest absolute Gasteiger partial charge is 0.239 e. The van der Waals surface area contributed by atoms with Gasteiger partial charge in [-0.2, -0.15) is 0 Å². The highest BCUT2D eigenvalue weighted by Crippen LogP contribution is 2.19. The van der Waals surface area contributed by atoms with E-state index >= 15 is 0 Å². The number of nitrogens with zero attached hydrogens (tertiary/aromatic N) is 1. The summed E-state index contributed by atoms with van der Waals surface area (Å²) in [6, 6.07) is 7.42. The van der Waals surface area contributed by atoms with Crippen molar-refractivity contribution in [3.8, 4) is 0 Å². The molecule has 0 unspecified atom stereocenters. The summed E-state index contributed by atoms with van der Waals surface area (Å²) in [6.45, 7) is 1.00. The maximum absolute atomic E-state index is 12.2. The quantitative estimate of drug-likeness (QED) is 0.767. The minimum Gasteiger partial charge on any atom is -0.391 e. The minimum atomic E-state index is -0.556. The van der Waals surface area contributed by atoms with Gasteiger partial charge in [0.2, 0.25) is 5.91 Å². The van der Waals surface area contributed by atoms with Crippen LogP contribution in [-0.2, 0) is 11.2 Å². The molecule has 2 heterocycles. The van der Waals surface area contributed by atoms with Crippen LogP contribution in [0.25, 0.3) is 10.9 Å². The number of hydrogen-bond donors (Lipinski definition) is 3. The summed E-state index contributed by atoms with van der Waals surface area (Å²) in [5, 5.41) is 10.6. The fourth-order valence-corrected chi connectivity index (χ4v) is 2.80. The number of hydrogen-bond acceptors (Lipinski definition) is 3. The highest BCUT2D eigenvalue weighted by atomic mass is 16.3. The second-order valence-corrected chi connectivity index (χ2v) is 5.40. The van der Waals surface area contributed by atoms with Gasteiger partial charge in [-0.3, -0.25) is 4.79 Å². The van der Waals surface area contributed by atoms with Gasteiger partial charge in [0, 0.05) is 30.2 Å². The molecule has 5 heteroatoms. The number of likely N-dealkylation sites (tertiary alicyclic amines) is 1. The number of β-amino-alcohol motifs (C(OH)–C–C–N with tert-alkyl or cyclic N) is 1. The van der Waals surface area contributed by atoms with Gasteiger partial charge >= 0.3 is 0 Å². The first-order valence-electron chi connectivity index (χ1n) is 6.92. The number of rotatable bonds is 3. The Hall–Kier alpha value is -1.85. The summed E-state index contributed by atoms with van der Waals surface area (Å²) >= 11 is 0. The van der Waals surface area contributed by atoms with E-state index in [1.54, 1.807) is 4.90 Å². The fourth-order valence-electron chi connectivity index (χ4n) is 2.80. The minimum absolute atomic E-state index is 0.0770. The lowest BCUT2D eigenvalue weighted by molar-refractivity contribution is -0.131. The Bertz CT molecular complexity index is 622. The molecule has 2 atom stereocenters. The van der Waals surface area contributed by atoms with Crippen LogP contribution in [0.4, 0.5) is 0 Å². The van der Waals surface area contributed by atoms with Crippen LogP contribution in [0, 0.1) is 0 Å². The van der Waals surface area contributed by atoms with E-state index in [0.717, 1.165) is 16.5 Å². The van der Waals surface area contributed by atoms with Crippen molar-refractivity contribution >= 4 is 16.8 Å². The average Bonchev–Trinajstić information content (AvgIpc) is 3.05. The molecule has 1 fully saturated rings. The van der Waals surface area contributed by atoms with E-state index in [1.807, 2.05) is 30.5 Å². The largest absolute Gasteiger partial charge is 0.391 e. The van der Waals surface area contributed by atoms with Crippen LogP contribution in [0.3, 0.4) is 0 Å². The van der Waals surface area contributed by atoms with E-state index < -0.39 is 12.1 Å². The molecule has 3 rings (SSSR count). The Labute approximate surface area is 117 Å². The monoisotopic (exact) mass is 273 g/mol.